The second-order valence-electron chi connectivity index (χ2n) is 6.13. The van der Waals surface area contributed by atoms with Gasteiger partial charge in [-0.2, -0.15) is 0 Å². The summed E-state index contributed by atoms with van der Waals surface area (Å²) in [6, 6.07) is 0.631. The number of β-amino-alcohol motifs (C(OH)–C–C–N with tert-alkyl or cyclic N) is 1. The number of methoxy groups -OCH3 is 1. The molecule has 0 saturated carbocycles. The highest BCUT2D eigenvalue weighted by Crippen LogP contribution is 2.20. The van der Waals surface area contributed by atoms with Gasteiger partial charge in [-0.25, -0.2) is 0 Å². The third kappa shape index (κ3) is 7.06. The summed E-state index contributed by atoms with van der Waals surface area (Å²) in [4.78, 5) is 2.37. The van der Waals surface area contributed by atoms with E-state index in [1.165, 1.54) is 12.8 Å². The van der Waals surface area contributed by atoms with Crippen LogP contribution in [0.2, 0.25) is 0 Å². The van der Waals surface area contributed by atoms with Crippen molar-refractivity contribution in [2.45, 2.75) is 51.9 Å². The summed E-state index contributed by atoms with van der Waals surface area (Å²) >= 11 is 0. The highest BCUT2D eigenvalue weighted by atomic mass is 16.5. The minimum atomic E-state index is -0.419. The SMILES string of the molecule is CCNC1CCN(CC(O)COC(C)COC)CC1CC. The van der Waals surface area contributed by atoms with E-state index >= 15 is 0 Å². The molecular formula is C16H34N2O3. The molecule has 1 saturated heterocycles. The van der Waals surface area contributed by atoms with Crippen molar-refractivity contribution >= 4 is 0 Å². The van der Waals surface area contributed by atoms with Crippen LogP contribution in [0.15, 0.2) is 0 Å². The highest BCUT2D eigenvalue weighted by Gasteiger charge is 2.28. The molecule has 1 fully saturated rings. The molecule has 4 unspecified atom stereocenters. The third-order valence-corrected chi connectivity index (χ3v) is 4.25. The van der Waals surface area contributed by atoms with Crippen molar-refractivity contribution in [2.75, 3.05) is 46.5 Å². The van der Waals surface area contributed by atoms with Gasteiger partial charge >= 0.3 is 0 Å². The van der Waals surface area contributed by atoms with E-state index in [-0.39, 0.29) is 6.10 Å². The molecule has 0 aromatic heterocycles. The molecule has 4 atom stereocenters. The van der Waals surface area contributed by atoms with Crippen LogP contribution in [-0.2, 0) is 9.47 Å². The minimum absolute atomic E-state index is 0.0348. The van der Waals surface area contributed by atoms with Crippen LogP contribution in [-0.4, -0.2) is 74.8 Å². The Balaban J connectivity index is 2.28. The topological polar surface area (TPSA) is 54.0 Å². The first kappa shape index (κ1) is 18.8. The van der Waals surface area contributed by atoms with Gasteiger partial charge in [0, 0.05) is 26.2 Å². The van der Waals surface area contributed by atoms with Crippen LogP contribution >= 0.6 is 0 Å². The Morgan fingerprint density at radius 3 is 2.71 bits per heavy atom. The number of piperidine rings is 1. The molecule has 0 bridgehead atoms. The zero-order chi connectivity index (χ0) is 15.7. The summed E-state index contributed by atoms with van der Waals surface area (Å²) in [6.45, 7) is 11.2. The molecule has 1 rings (SSSR count). The van der Waals surface area contributed by atoms with E-state index in [4.69, 9.17) is 9.47 Å². The number of rotatable bonds is 10. The van der Waals surface area contributed by atoms with E-state index in [0.29, 0.717) is 31.7 Å². The Bertz CT molecular complexity index is 266. The predicted molar refractivity (Wildman–Crippen MR) is 85.6 cm³/mol. The molecule has 0 aliphatic carbocycles. The Morgan fingerprint density at radius 1 is 1.33 bits per heavy atom. The number of aliphatic hydroxyl groups excluding tert-OH is 1. The van der Waals surface area contributed by atoms with E-state index < -0.39 is 6.10 Å². The zero-order valence-corrected chi connectivity index (χ0v) is 14.2. The van der Waals surface area contributed by atoms with Crippen molar-refractivity contribution in [3.05, 3.63) is 0 Å². The van der Waals surface area contributed by atoms with Gasteiger partial charge in [0.15, 0.2) is 0 Å². The Labute approximate surface area is 130 Å². The number of nitrogens with zero attached hydrogens (tertiary/aromatic N) is 1. The van der Waals surface area contributed by atoms with E-state index in [0.717, 1.165) is 19.6 Å². The first-order valence-corrected chi connectivity index (χ1v) is 8.34. The molecule has 0 amide bonds. The molecule has 0 spiro atoms. The van der Waals surface area contributed by atoms with Gasteiger partial charge in [0.05, 0.1) is 25.4 Å². The van der Waals surface area contributed by atoms with Crippen LogP contribution in [0.3, 0.4) is 0 Å². The fraction of sp³-hybridized carbons (Fsp3) is 1.00. The van der Waals surface area contributed by atoms with Gasteiger partial charge in [0.2, 0.25) is 0 Å². The van der Waals surface area contributed by atoms with E-state index in [1.54, 1.807) is 7.11 Å². The third-order valence-electron chi connectivity index (χ3n) is 4.25. The average molecular weight is 302 g/mol. The van der Waals surface area contributed by atoms with Crippen molar-refractivity contribution in [3.63, 3.8) is 0 Å². The lowest BCUT2D eigenvalue weighted by atomic mass is 9.89. The molecule has 1 aliphatic heterocycles. The first-order valence-electron chi connectivity index (χ1n) is 8.34. The lowest BCUT2D eigenvalue weighted by Gasteiger charge is -2.39. The van der Waals surface area contributed by atoms with Gasteiger partial charge < -0.3 is 24.8 Å². The maximum absolute atomic E-state index is 10.1. The van der Waals surface area contributed by atoms with Crippen molar-refractivity contribution in [1.29, 1.82) is 0 Å². The number of nitrogens with one attached hydrogen (secondary N) is 1. The van der Waals surface area contributed by atoms with Crippen LogP contribution in [0.1, 0.15) is 33.6 Å². The molecule has 21 heavy (non-hydrogen) atoms. The largest absolute Gasteiger partial charge is 0.389 e. The van der Waals surface area contributed by atoms with Crippen LogP contribution in [0, 0.1) is 5.92 Å². The van der Waals surface area contributed by atoms with E-state index in [1.807, 2.05) is 6.92 Å². The summed E-state index contributed by atoms with van der Waals surface area (Å²) in [5.74, 6) is 0.680. The van der Waals surface area contributed by atoms with Crippen molar-refractivity contribution in [1.82, 2.24) is 10.2 Å². The summed E-state index contributed by atoms with van der Waals surface area (Å²) in [7, 11) is 1.66. The van der Waals surface area contributed by atoms with Gasteiger partial charge in [0.1, 0.15) is 0 Å². The van der Waals surface area contributed by atoms with Gasteiger partial charge in [-0.15, -0.1) is 0 Å². The molecule has 5 heteroatoms. The lowest BCUT2D eigenvalue weighted by Crippen LogP contribution is -2.51. The predicted octanol–water partition coefficient (Wildman–Crippen LogP) is 1.11. The molecule has 1 aliphatic rings. The maximum atomic E-state index is 10.1. The molecular weight excluding hydrogens is 268 g/mol. The number of aliphatic hydroxyl groups is 1. The second-order valence-corrected chi connectivity index (χ2v) is 6.13. The van der Waals surface area contributed by atoms with Gasteiger partial charge in [0.25, 0.3) is 0 Å². The quantitative estimate of drug-likeness (QED) is 0.633. The molecule has 0 radical (unpaired) electrons. The molecule has 2 N–H and O–H groups in total. The molecule has 1 heterocycles. The van der Waals surface area contributed by atoms with Crippen molar-refractivity contribution < 1.29 is 14.6 Å². The first-order chi connectivity index (χ1) is 10.1. The number of ether oxygens (including phenoxy) is 2. The minimum Gasteiger partial charge on any atom is -0.389 e. The van der Waals surface area contributed by atoms with Gasteiger partial charge in [-0.1, -0.05) is 20.3 Å². The van der Waals surface area contributed by atoms with E-state index in [9.17, 15) is 5.11 Å². The van der Waals surface area contributed by atoms with Crippen LogP contribution < -0.4 is 5.32 Å². The summed E-state index contributed by atoms with van der Waals surface area (Å²) < 4.78 is 10.6. The fourth-order valence-corrected chi connectivity index (χ4v) is 3.13. The normalized spacial score (nSPS) is 26.7. The van der Waals surface area contributed by atoms with Gasteiger partial charge in [-0.3, -0.25) is 0 Å². The summed E-state index contributed by atoms with van der Waals surface area (Å²) in [5.41, 5.74) is 0. The Morgan fingerprint density at radius 2 is 2.10 bits per heavy atom. The summed E-state index contributed by atoms with van der Waals surface area (Å²) in [6.07, 6.45) is 1.97. The number of likely N-dealkylation sites (tertiary alicyclic amines) is 1. The Hall–Kier alpha value is -0.200. The molecule has 5 nitrogen and oxygen atoms in total. The van der Waals surface area contributed by atoms with E-state index in [2.05, 4.69) is 24.1 Å². The summed E-state index contributed by atoms with van der Waals surface area (Å²) in [5, 5.41) is 13.7. The van der Waals surface area contributed by atoms with Crippen LogP contribution in [0.4, 0.5) is 0 Å². The lowest BCUT2D eigenvalue weighted by molar-refractivity contribution is -0.0433. The number of hydrogen-bond acceptors (Lipinski definition) is 5. The zero-order valence-electron chi connectivity index (χ0n) is 14.2. The average Bonchev–Trinajstić information content (AvgIpc) is 2.47. The maximum Gasteiger partial charge on any atom is 0.0900 e. The van der Waals surface area contributed by atoms with Crippen molar-refractivity contribution in [2.24, 2.45) is 5.92 Å². The Kier molecular flexibility index (Phi) is 9.44. The smallest absolute Gasteiger partial charge is 0.0900 e. The second kappa shape index (κ2) is 10.5. The number of hydrogen-bond donors (Lipinski definition) is 2. The van der Waals surface area contributed by atoms with Crippen molar-refractivity contribution in [3.8, 4) is 0 Å². The van der Waals surface area contributed by atoms with Crippen LogP contribution in [0.25, 0.3) is 0 Å². The standard InChI is InChI=1S/C16H34N2O3/c1-5-14-9-18(8-7-16(14)17-6-2)10-15(19)12-21-13(3)11-20-4/h13-17,19H,5-12H2,1-4H3. The van der Waals surface area contributed by atoms with Crippen LogP contribution in [0.5, 0.6) is 0 Å². The highest BCUT2D eigenvalue weighted by molar-refractivity contribution is 4.85. The monoisotopic (exact) mass is 302 g/mol. The molecule has 0 aromatic carbocycles. The molecule has 126 valence electrons. The fourth-order valence-electron chi connectivity index (χ4n) is 3.13. The molecule has 0 aromatic rings. The van der Waals surface area contributed by atoms with Gasteiger partial charge in [-0.05, 0) is 32.4 Å².